The highest BCUT2D eigenvalue weighted by Crippen LogP contribution is 2.42. The first-order valence-corrected chi connectivity index (χ1v) is 7.52. The third-order valence-corrected chi connectivity index (χ3v) is 4.76. The molecular weight excluding hydrogens is 258 g/mol. The Labute approximate surface area is 124 Å². The Kier molecular flexibility index (Phi) is 2.66. The zero-order valence-corrected chi connectivity index (χ0v) is 12.1. The van der Waals surface area contributed by atoms with Crippen LogP contribution in [0.2, 0.25) is 0 Å². The predicted molar refractivity (Wildman–Crippen MR) is 85.2 cm³/mol. The van der Waals surface area contributed by atoms with E-state index < -0.39 is 5.54 Å². The number of aromatic amines is 1. The maximum Gasteiger partial charge on any atom is 0.132 e. The first-order chi connectivity index (χ1) is 10.2. The Balaban J connectivity index is 1.92. The second-order valence-electron chi connectivity index (χ2n) is 6.10. The Morgan fingerprint density at radius 3 is 2.76 bits per heavy atom. The fourth-order valence-electron chi connectivity index (χ4n) is 3.48. The molecule has 0 aliphatic heterocycles. The van der Waals surface area contributed by atoms with E-state index in [1.807, 2.05) is 24.3 Å². The molecule has 0 amide bonds. The average Bonchev–Trinajstić information content (AvgIpc) is 2.96. The highest BCUT2D eigenvalue weighted by molar-refractivity contribution is 5.75. The van der Waals surface area contributed by atoms with Gasteiger partial charge >= 0.3 is 0 Å². The largest absolute Gasteiger partial charge is 0.340 e. The molecule has 3 aromatic rings. The summed E-state index contributed by atoms with van der Waals surface area (Å²) in [6, 6.07) is 16.6. The molecule has 0 spiro atoms. The Hall–Kier alpha value is -2.13. The lowest BCUT2D eigenvalue weighted by Gasteiger charge is -2.37. The van der Waals surface area contributed by atoms with Gasteiger partial charge in [-0.05, 0) is 42.0 Å². The van der Waals surface area contributed by atoms with Crippen molar-refractivity contribution >= 4 is 11.0 Å². The summed E-state index contributed by atoms with van der Waals surface area (Å²) in [5.74, 6) is 1.44. The first-order valence-electron chi connectivity index (χ1n) is 7.52. The van der Waals surface area contributed by atoms with Gasteiger partial charge in [0.15, 0.2) is 0 Å². The fraction of sp³-hybridized carbons (Fsp3) is 0.278. The van der Waals surface area contributed by atoms with Crippen LogP contribution in [0.3, 0.4) is 0 Å². The Morgan fingerprint density at radius 1 is 1.14 bits per heavy atom. The second-order valence-corrected chi connectivity index (χ2v) is 6.10. The maximum absolute atomic E-state index is 6.82. The van der Waals surface area contributed by atoms with E-state index in [9.17, 15) is 0 Å². The third-order valence-electron chi connectivity index (χ3n) is 4.76. The topological polar surface area (TPSA) is 54.7 Å². The van der Waals surface area contributed by atoms with Gasteiger partial charge in [0.2, 0.25) is 0 Å². The van der Waals surface area contributed by atoms with E-state index in [1.54, 1.807) is 0 Å². The first kappa shape index (κ1) is 12.6. The summed E-state index contributed by atoms with van der Waals surface area (Å²) >= 11 is 0. The standard InChI is InChI=1S/C18H19N3/c1-12-10-11-18(19,14-7-3-2-6-13(12)14)17-20-15-8-4-5-9-16(15)21-17/h2-9,12H,10-11,19H2,1H3,(H,20,21). The third kappa shape index (κ3) is 1.81. The molecule has 4 rings (SSSR count). The van der Waals surface area contributed by atoms with Crippen LogP contribution in [0.1, 0.15) is 42.6 Å². The van der Waals surface area contributed by atoms with E-state index in [0.717, 1.165) is 29.7 Å². The van der Waals surface area contributed by atoms with Gasteiger partial charge in [-0.15, -0.1) is 0 Å². The van der Waals surface area contributed by atoms with Crippen molar-refractivity contribution in [2.45, 2.75) is 31.2 Å². The second kappa shape index (κ2) is 4.43. The van der Waals surface area contributed by atoms with Gasteiger partial charge in [0, 0.05) is 0 Å². The molecule has 0 fully saturated rings. The number of fused-ring (bicyclic) bond motifs is 2. The minimum absolute atomic E-state index is 0.512. The minimum atomic E-state index is -0.512. The van der Waals surface area contributed by atoms with Gasteiger partial charge in [0.05, 0.1) is 11.0 Å². The van der Waals surface area contributed by atoms with Gasteiger partial charge in [-0.25, -0.2) is 4.98 Å². The van der Waals surface area contributed by atoms with Crippen LogP contribution in [-0.2, 0) is 5.54 Å². The molecular formula is C18H19N3. The minimum Gasteiger partial charge on any atom is -0.340 e. The van der Waals surface area contributed by atoms with Crippen molar-refractivity contribution in [3.8, 4) is 0 Å². The number of para-hydroxylation sites is 2. The van der Waals surface area contributed by atoms with Crippen molar-refractivity contribution in [2.75, 3.05) is 0 Å². The van der Waals surface area contributed by atoms with Crippen LogP contribution < -0.4 is 5.73 Å². The van der Waals surface area contributed by atoms with E-state index in [1.165, 1.54) is 11.1 Å². The fourth-order valence-corrected chi connectivity index (χ4v) is 3.48. The van der Waals surface area contributed by atoms with Crippen LogP contribution in [-0.4, -0.2) is 9.97 Å². The molecule has 0 saturated heterocycles. The highest BCUT2D eigenvalue weighted by atomic mass is 15.0. The van der Waals surface area contributed by atoms with E-state index >= 15 is 0 Å². The van der Waals surface area contributed by atoms with Crippen LogP contribution in [0.5, 0.6) is 0 Å². The van der Waals surface area contributed by atoms with Gasteiger partial charge in [-0.3, -0.25) is 0 Å². The van der Waals surface area contributed by atoms with Gasteiger partial charge in [0.25, 0.3) is 0 Å². The normalized spacial score (nSPS) is 25.0. The molecule has 3 N–H and O–H groups in total. The van der Waals surface area contributed by atoms with E-state index in [2.05, 4.69) is 36.2 Å². The van der Waals surface area contributed by atoms with E-state index in [-0.39, 0.29) is 0 Å². The lowest BCUT2D eigenvalue weighted by atomic mass is 9.72. The number of H-pyrrole nitrogens is 1. The molecule has 1 aliphatic carbocycles. The number of imidazole rings is 1. The van der Waals surface area contributed by atoms with Crippen molar-refractivity contribution in [2.24, 2.45) is 5.73 Å². The molecule has 2 unspecified atom stereocenters. The average molecular weight is 277 g/mol. The summed E-state index contributed by atoms with van der Waals surface area (Å²) in [4.78, 5) is 8.18. The number of nitrogens with one attached hydrogen (secondary N) is 1. The molecule has 0 radical (unpaired) electrons. The van der Waals surface area contributed by atoms with Crippen molar-refractivity contribution in [1.82, 2.24) is 9.97 Å². The van der Waals surface area contributed by atoms with Gasteiger partial charge in [-0.2, -0.15) is 0 Å². The van der Waals surface area contributed by atoms with Crippen molar-refractivity contribution < 1.29 is 0 Å². The van der Waals surface area contributed by atoms with Crippen LogP contribution in [0.25, 0.3) is 11.0 Å². The van der Waals surface area contributed by atoms with E-state index in [4.69, 9.17) is 10.7 Å². The molecule has 2 aromatic carbocycles. The Morgan fingerprint density at radius 2 is 1.90 bits per heavy atom. The number of hydrogen-bond donors (Lipinski definition) is 2. The van der Waals surface area contributed by atoms with Gasteiger partial charge < -0.3 is 10.7 Å². The molecule has 106 valence electrons. The lowest BCUT2D eigenvalue weighted by molar-refractivity contribution is 0.396. The van der Waals surface area contributed by atoms with Crippen molar-refractivity contribution in [1.29, 1.82) is 0 Å². The van der Waals surface area contributed by atoms with Gasteiger partial charge in [-0.1, -0.05) is 43.3 Å². The number of aromatic nitrogens is 2. The molecule has 2 atom stereocenters. The van der Waals surface area contributed by atoms with Crippen molar-refractivity contribution in [3.63, 3.8) is 0 Å². The monoisotopic (exact) mass is 277 g/mol. The van der Waals surface area contributed by atoms with Gasteiger partial charge in [0.1, 0.15) is 11.4 Å². The smallest absolute Gasteiger partial charge is 0.132 e. The van der Waals surface area contributed by atoms with Crippen LogP contribution in [0.15, 0.2) is 48.5 Å². The predicted octanol–water partition coefficient (Wildman–Crippen LogP) is 3.66. The summed E-state index contributed by atoms with van der Waals surface area (Å²) < 4.78 is 0. The molecule has 0 bridgehead atoms. The SMILES string of the molecule is CC1CCC(N)(c2nc3ccccc3[nH]2)c2ccccc21. The summed E-state index contributed by atoms with van der Waals surface area (Å²) in [6.07, 6.45) is 2.01. The maximum atomic E-state index is 6.82. The number of nitrogens with two attached hydrogens (primary N) is 1. The summed E-state index contributed by atoms with van der Waals surface area (Å²) in [5.41, 5.74) is 10.9. The van der Waals surface area contributed by atoms with E-state index in [0.29, 0.717) is 5.92 Å². The number of benzene rings is 2. The molecule has 3 nitrogen and oxygen atoms in total. The molecule has 0 saturated carbocycles. The summed E-state index contributed by atoms with van der Waals surface area (Å²) in [7, 11) is 0. The van der Waals surface area contributed by atoms with Crippen molar-refractivity contribution in [3.05, 3.63) is 65.5 Å². The number of hydrogen-bond acceptors (Lipinski definition) is 2. The molecule has 1 aromatic heterocycles. The number of rotatable bonds is 1. The Bertz CT molecular complexity index is 772. The van der Waals surface area contributed by atoms with Crippen LogP contribution in [0.4, 0.5) is 0 Å². The molecule has 1 heterocycles. The number of nitrogens with zero attached hydrogens (tertiary/aromatic N) is 1. The highest BCUT2D eigenvalue weighted by Gasteiger charge is 2.39. The lowest BCUT2D eigenvalue weighted by Crippen LogP contribution is -2.42. The van der Waals surface area contributed by atoms with Crippen LogP contribution in [0, 0.1) is 0 Å². The molecule has 3 heteroatoms. The quantitative estimate of drug-likeness (QED) is 0.713. The summed E-state index contributed by atoms with van der Waals surface area (Å²) in [5, 5.41) is 0. The molecule has 21 heavy (non-hydrogen) atoms. The zero-order valence-electron chi connectivity index (χ0n) is 12.1. The van der Waals surface area contributed by atoms with Crippen LogP contribution >= 0.6 is 0 Å². The molecule has 1 aliphatic rings. The summed E-state index contributed by atoms with van der Waals surface area (Å²) in [6.45, 7) is 2.27. The zero-order chi connectivity index (χ0) is 14.4.